The summed E-state index contributed by atoms with van der Waals surface area (Å²) in [5.74, 6) is -0.353. The van der Waals surface area contributed by atoms with Crippen LogP contribution in [0, 0.1) is 0 Å². The van der Waals surface area contributed by atoms with Gasteiger partial charge in [-0.2, -0.15) is 0 Å². The Bertz CT molecular complexity index is 853. The number of carbonyl (C=O) groups is 1. The van der Waals surface area contributed by atoms with Gasteiger partial charge in [-0.15, -0.1) is 0 Å². The smallest absolute Gasteiger partial charge is 0.457 e. The van der Waals surface area contributed by atoms with E-state index in [4.69, 9.17) is 4.74 Å². The molecule has 2 aromatic rings. The molecular weight excluding hydrogens is 307 g/mol. The van der Waals surface area contributed by atoms with Gasteiger partial charge in [0, 0.05) is 11.8 Å². The maximum atomic E-state index is 12.0. The molecule has 6 heteroatoms. The van der Waals surface area contributed by atoms with E-state index in [9.17, 15) is 13.2 Å². The number of sulfone groups is 1. The predicted octanol–water partition coefficient (Wildman–Crippen LogP) is -0.438. The van der Waals surface area contributed by atoms with E-state index in [1.54, 1.807) is 24.3 Å². The van der Waals surface area contributed by atoms with Gasteiger partial charge in [0.2, 0.25) is 0 Å². The van der Waals surface area contributed by atoms with Gasteiger partial charge in [0.05, 0.1) is 10.5 Å². The summed E-state index contributed by atoms with van der Waals surface area (Å²) >= 11 is 0. The molecule has 0 radical (unpaired) electrons. The first-order chi connectivity index (χ1) is 10.5. The zero-order valence-corrected chi connectivity index (χ0v) is 13.8. The standard InChI is InChI=1S/C17H14O4S.Li/c1-22(19,20)14-9-7-12(8-10-14)15-11-21-17(18)16(15)13-5-3-2-4-6-13;/h2-10H,11H2,1H3;/q;+1. The largest absolute Gasteiger partial charge is 1.00 e. The molecule has 0 bridgehead atoms. The van der Waals surface area contributed by atoms with Gasteiger partial charge in [0.1, 0.15) is 6.61 Å². The van der Waals surface area contributed by atoms with Crippen LogP contribution in [0.1, 0.15) is 11.1 Å². The average molecular weight is 321 g/mol. The van der Waals surface area contributed by atoms with Crippen LogP contribution in [0.2, 0.25) is 0 Å². The van der Waals surface area contributed by atoms with Crippen molar-refractivity contribution in [1.29, 1.82) is 0 Å². The average Bonchev–Trinajstić information content (AvgIpc) is 2.89. The first kappa shape index (κ1) is 17.5. The molecule has 0 saturated heterocycles. The van der Waals surface area contributed by atoms with Crippen molar-refractivity contribution in [2.24, 2.45) is 0 Å². The molecule has 3 rings (SSSR count). The van der Waals surface area contributed by atoms with Crippen LogP contribution >= 0.6 is 0 Å². The zero-order chi connectivity index (χ0) is 15.7. The first-order valence-corrected chi connectivity index (χ1v) is 8.62. The monoisotopic (exact) mass is 321 g/mol. The van der Waals surface area contributed by atoms with E-state index in [-0.39, 0.29) is 36.3 Å². The van der Waals surface area contributed by atoms with Gasteiger partial charge in [-0.25, -0.2) is 13.2 Å². The Morgan fingerprint density at radius 1 is 0.913 bits per heavy atom. The van der Waals surface area contributed by atoms with Gasteiger partial charge in [-0.3, -0.25) is 0 Å². The molecule has 112 valence electrons. The van der Waals surface area contributed by atoms with E-state index >= 15 is 0 Å². The van der Waals surface area contributed by atoms with Crippen LogP contribution in [0.4, 0.5) is 0 Å². The Labute approximate surface area is 147 Å². The summed E-state index contributed by atoms with van der Waals surface area (Å²) in [7, 11) is -3.23. The number of ether oxygens (including phenoxy) is 1. The fraction of sp³-hybridized carbons (Fsp3) is 0.118. The van der Waals surface area contributed by atoms with Crippen LogP contribution in [0.3, 0.4) is 0 Å². The summed E-state index contributed by atoms with van der Waals surface area (Å²) in [6.45, 7) is 0.196. The van der Waals surface area contributed by atoms with Gasteiger partial charge in [-0.05, 0) is 23.3 Å². The van der Waals surface area contributed by atoms with Crippen molar-refractivity contribution < 1.29 is 36.8 Å². The number of carbonyl (C=O) groups excluding carboxylic acids is 1. The third-order valence-corrected chi connectivity index (χ3v) is 4.68. The van der Waals surface area contributed by atoms with E-state index in [1.807, 2.05) is 30.3 Å². The maximum absolute atomic E-state index is 12.0. The van der Waals surface area contributed by atoms with Crippen LogP contribution in [-0.2, 0) is 19.4 Å². The van der Waals surface area contributed by atoms with E-state index in [1.165, 1.54) is 6.26 Å². The van der Waals surface area contributed by atoms with Crippen LogP contribution in [0.5, 0.6) is 0 Å². The van der Waals surface area contributed by atoms with Crippen LogP contribution in [0.25, 0.3) is 11.1 Å². The third-order valence-electron chi connectivity index (χ3n) is 3.55. The second-order valence-corrected chi connectivity index (χ2v) is 7.11. The minimum atomic E-state index is -3.23. The minimum Gasteiger partial charge on any atom is -0.457 e. The molecule has 0 aliphatic carbocycles. The summed E-state index contributed by atoms with van der Waals surface area (Å²) in [5.41, 5.74) is 2.90. The van der Waals surface area contributed by atoms with Crippen molar-refractivity contribution in [3.8, 4) is 0 Å². The molecule has 1 aliphatic rings. The fourth-order valence-corrected chi connectivity index (χ4v) is 3.06. The quantitative estimate of drug-likeness (QED) is 0.568. The maximum Gasteiger partial charge on any atom is 1.00 e. The van der Waals surface area contributed by atoms with Crippen molar-refractivity contribution in [3.63, 3.8) is 0 Å². The number of esters is 1. The Balaban J connectivity index is 0.00000192. The molecule has 0 saturated carbocycles. The molecule has 0 spiro atoms. The van der Waals surface area contributed by atoms with Gasteiger partial charge in [0.15, 0.2) is 9.84 Å². The molecule has 0 N–H and O–H groups in total. The SMILES string of the molecule is CS(=O)(=O)c1ccc(C2=C(c3ccccc3)C(=O)OC2)cc1.[Li+]. The topological polar surface area (TPSA) is 60.4 Å². The number of benzene rings is 2. The zero-order valence-electron chi connectivity index (χ0n) is 12.9. The number of hydrogen-bond acceptors (Lipinski definition) is 4. The van der Waals surface area contributed by atoms with Crippen LogP contribution < -0.4 is 18.9 Å². The summed E-state index contributed by atoms with van der Waals surface area (Å²) in [6.07, 6.45) is 1.17. The Hall–Kier alpha value is -1.80. The Morgan fingerprint density at radius 2 is 1.52 bits per heavy atom. The Morgan fingerprint density at radius 3 is 2.09 bits per heavy atom. The minimum absolute atomic E-state index is 0. The van der Waals surface area contributed by atoms with Gasteiger partial charge in [0.25, 0.3) is 0 Å². The molecular formula is C17H14LiO4S+. The van der Waals surface area contributed by atoms with Crippen molar-refractivity contribution in [2.75, 3.05) is 12.9 Å². The van der Waals surface area contributed by atoms with Crippen molar-refractivity contribution >= 4 is 27.0 Å². The molecule has 0 unspecified atom stereocenters. The summed E-state index contributed by atoms with van der Waals surface area (Å²) in [5, 5.41) is 0. The number of cyclic esters (lactones) is 1. The molecule has 23 heavy (non-hydrogen) atoms. The third kappa shape index (κ3) is 3.58. The van der Waals surface area contributed by atoms with Crippen molar-refractivity contribution in [2.45, 2.75) is 4.90 Å². The second kappa shape index (κ2) is 6.75. The van der Waals surface area contributed by atoms with Crippen LogP contribution in [-0.4, -0.2) is 27.2 Å². The normalized spacial score (nSPS) is 14.4. The fourth-order valence-electron chi connectivity index (χ4n) is 2.43. The van der Waals surface area contributed by atoms with Gasteiger partial charge in [-0.1, -0.05) is 42.5 Å². The predicted molar refractivity (Wildman–Crippen MR) is 83.8 cm³/mol. The molecule has 1 aliphatic heterocycles. The van der Waals surface area contributed by atoms with E-state index < -0.39 is 9.84 Å². The summed E-state index contributed by atoms with van der Waals surface area (Å²) in [6, 6.07) is 15.8. The van der Waals surface area contributed by atoms with Crippen molar-refractivity contribution in [3.05, 3.63) is 65.7 Å². The molecule has 0 atom stereocenters. The van der Waals surface area contributed by atoms with Crippen molar-refractivity contribution in [1.82, 2.24) is 0 Å². The molecule has 2 aromatic carbocycles. The van der Waals surface area contributed by atoms with Crippen LogP contribution in [0.15, 0.2) is 59.5 Å². The molecule has 4 nitrogen and oxygen atoms in total. The van der Waals surface area contributed by atoms with E-state index in [0.717, 1.165) is 16.7 Å². The summed E-state index contributed by atoms with van der Waals surface area (Å²) < 4.78 is 28.2. The Kier molecular flexibility index (Phi) is 5.15. The molecule has 0 amide bonds. The summed E-state index contributed by atoms with van der Waals surface area (Å²) in [4.78, 5) is 12.3. The van der Waals surface area contributed by atoms with E-state index in [2.05, 4.69) is 0 Å². The molecule has 1 heterocycles. The van der Waals surface area contributed by atoms with Gasteiger partial charge >= 0.3 is 24.8 Å². The molecule has 0 aromatic heterocycles. The number of rotatable bonds is 3. The van der Waals surface area contributed by atoms with Gasteiger partial charge < -0.3 is 4.74 Å². The molecule has 0 fully saturated rings. The first-order valence-electron chi connectivity index (χ1n) is 6.73. The van der Waals surface area contributed by atoms with E-state index in [0.29, 0.717) is 5.57 Å². The second-order valence-electron chi connectivity index (χ2n) is 5.09. The number of hydrogen-bond donors (Lipinski definition) is 0.